The Bertz CT molecular complexity index is 1160. The molecule has 9 heteroatoms. The van der Waals surface area contributed by atoms with Crippen LogP contribution in [0.5, 0.6) is 17.2 Å². The van der Waals surface area contributed by atoms with Crippen LogP contribution in [0, 0.1) is 0 Å². The number of halogens is 1. The summed E-state index contributed by atoms with van der Waals surface area (Å²) in [6.07, 6.45) is 1.39. The minimum atomic E-state index is -0.259. The van der Waals surface area contributed by atoms with Gasteiger partial charge in [-0.05, 0) is 25.1 Å². The summed E-state index contributed by atoms with van der Waals surface area (Å²) in [5.74, 6) is 1.87. The SMILES string of the molecule is COc1cc(-n2cnc(C(C)C)n2)cc(C(=O)N2C[C@H](C)Oc3c(Cl)cccc32)c1OC. The fourth-order valence-corrected chi connectivity index (χ4v) is 3.88. The van der Waals surface area contributed by atoms with E-state index in [1.807, 2.05) is 26.8 Å². The third-order valence-electron chi connectivity index (χ3n) is 5.23. The van der Waals surface area contributed by atoms with Crippen LogP contribution in [0.15, 0.2) is 36.7 Å². The smallest absolute Gasteiger partial charge is 0.262 e. The lowest BCUT2D eigenvalue weighted by Crippen LogP contribution is -2.42. The Morgan fingerprint density at radius 2 is 2.03 bits per heavy atom. The number of methoxy groups -OCH3 is 2. The van der Waals surface area contributed by atoms with E-state index in [-0.39, 0.29) is 17.9 Å². The van der Waals surface area contributed by atoms with Crippen LogP contribution in [0.2, 0.25) is 5.02 Å². The summed E-state index contributed by atoms with van der Waals surface area (Å²) < 4.78 is 18.6. The van der Waals surface area contributed by atoms with E-state index in [2.05, 4.69) is 10.1 Å². The summed E-state index contributed by atoms with van der Waals surface area (Å²) >= 11 is 6.34. The molecule has 0 N–H and O–H groups in total. The summed E-state index contributed by atoms with van der Waals surface area (Å²) in [7, 11) is 3.04. The van der Waals surface area contributed by atoms with E-state index in [0.717, 1.165) is 0 Å². The van der Waals surface area contributed by atoms with Gasteiger partial charge in [-0.3, -0.25) is 4.79 Å². The molecule has 168 valence electrons. The van der Waals surface area contributed by atoms with Crippen molar-refractivity contribution in [3.63, 3.8) is 0 Å². The fourth-order valence-electron chi connectivity index (χ4n) is 3.66. The van der Waals surface area contributed by atoms with E-state index >= 15 is 0 Å². The molecule has 1 aliphatic rings. The maximum Gasteiger partial charge on any atom is 0.262 e. The van der Waals surface area contributed by atoms with Crippen molar-refractivity contribution < 1.29 is 19.0 Å². The Morgan fingerprint density at radius 1 is 1.25 bits per heavy atom. The van der Waals surface area contributed by atoms with Gasteiger partial charge in [0.25, 0.3) is 5.91 Å². The number of benzene rings is 2. The van der Waals surface area contributed by atoms with Crippen molar-refractivity contribution in [1.82, 2.24) is 14.8 Å². The van der Waals surface area contributed by atoms with Gasteiger partial charge >= 0.3 is 0 Å². The number of aromatic nitrogens is 3. The Kier molecular flexibility index (Phi) is 5.97. The highest BCUT2D eigenvalue weighted by Crippen LogP contribution is 2.42. The normalized spacial score (nSPS) is 15.3. The van der Waals surface area contributed by atoms with Crippen molar-refractivity contribution in [2.75, 3.05) is 25.7 Å². The van der Waals surface area contributed by atoms with Crippen molar-refractivity contribution >= 4 is 23.2 Å². The molecule has 8 nitrogen and oxygen atoms in total. The first-order chi connectivity index (χ1) is 15.3. The van der Waals surface area contributed by atoms with Crippen molar-refractivity contribution in [2.24, 2.45) is 0 Å². The molecule has 0 bridgehead atoms. The highest BCUT2D eigenvalue weighted by Gasteiger charge is 2.32. The van der Waals surface area contributed by atoms with E-state index in [0.29, 0.717) is 51.6 Å². The Labute approximate surface area is 191 Å². The third-order valence-corrected chi connectivity index (χ3v) is 5.52. The van der Waals surface area contributed by atoms with Crippen LogP contribution in [0.3, 0.4) is 0 Å². The van der Waals surface area contributed by atoms with Gasteiger partial charge in [0.15, 0.2) is 23.1 Å². The summed E-state index contributed by atoms with van der Waals surface area (Å²) in [5.41, 5.74) is 1.58. The summed E-state index contributed by atoms with van der Waals surface area (Å²) in [5, 5.41) is 4.98. The van der Waals surface area contributed by atoms with Crippen molar-refractivity contribution in [3.05, 3.63) is 53.1 Å². The number of carbonyl (C=O) groups is 1. The lowest BCUT2D eigenvalue weighted by atomic mass is 10.1. The van der Waals surface area contributed by atoms with Gasteiger partial charge in [-0.25, -0.2) is 9.67 Å². The largest absolute Gasteiger partial charge is 0.493 e. The summed E-state index contributed by atoms with van der Waals surface area (Å²) in [6, 6.07) is 8.83. The number of fused-ring (bicyclic) bond motifs is 1. The fraction of sp³-hybridized carbons (Fsp3) is 0.348. The molecule has 0 saturated heterocycles. The second-order valence-corrected chi connectivity index (χ2v) is 8.27. The molecule has 3 aromatic rings. The van der Waals surface area contributed by atoms with Crippen molar-refractivity contribution in [2.45, 2.75) is 32.8 Å². The molecule has 0 fully saturated rings. The molecule has 32 heavy (non-hydrogen) atoms. The molecule has 2 heterocycles. The first-order valence-electron chi connectivity index (χ1n) is 10.3. The van der Waals surface area contributed by atoms with Crippen LogP contribution >= 0.6 is 11.6 Å². The van der Waals surface area contributed by atoms with E-state index in [1.165, 1.54) is 14.2 Å². The second kappa shape index (κ2) is 8.70. The summed E-state index contributed by atoms with van der Waals surface area (Å²) in [6.45, 7) is 6.29. The van der Waals surface area contributed by atoms with Gasteiger partial charge in [-0.1, -0.05) is 31.5 Å². The zero-order chi connectivity index (χ0) is 23.0. The molecule has 1 aromatic heterocycles. The highest BCUT2D eigenvalue weighted by molar-refractivity contribution is 6.32. The van der Waals surface area contributed by atoms with E-state index < -0.39 is 0 Å². The van der Waals surface area contributed by atoms with Gasteiger partial charge in [-0.15, -0.1) is 0 Å². The highest BCUT2D eigenvalue weighted by atomic mass is 35.5. The predicted molar refractivity (Wildman–Crippen MR) is 122 cm³/mol. The third kappa shape index (κ3) is 3.86. The Hall–Kier alpha value is -3.26. The molecule has 0 aliphatic carbocycles. The Morgan fingerprint density at radius 3 is 2.69 bits per heavy atom. The number of carbonyl (C=O) groups excluding carboxylic acids is 1. The predicted octanol–water partition coefficient (Wildman–Crippen LogP) is 4.49. The first-order valence-corrected chi connectivity index (χ1v) is 10.7. The molecular formula is C23H25ClN4O4. The molecule has 1 aliphatic heterocycles. The monoisotopic (exact) mass is 456 g/mol. The number of hydrogen-bond donors (Lipinski definition) is 0. The topological polar surface area (TPSA) is 78.7 Å². The number of hydrogen-bond acceptors (Lipinski definition) is 6. The van der Waals surface area contributed by atoms with Crippen molar-refractivity contribution in [3.8, 4) is 22.9 Å². The van der Waals surface area contributed by atoms with Gasteiger partial charge in [-0.2, -0.15) is 5.10 Å². The zero-order valence-corrected chi connectivity index (χ0v) is 19.4. The lowest BCUT2D eigenvalue weighted by Gasteiger charge is -2.34. The van der Waals surface area contributed by atoms with Gasteiger partial charge in [0.05, 0.1) is 42.7 Å². The summed E-state index contributed by atoms with van der Waals surface area (Å²) in [4.78, 5) is 19.8. The van der Waals surface area contributed by atoms with E-state index in [4.69, 9.17) is 25.8 Å². The van der Waals surface area contributed by atoms with Crippen LogP contribution in [-0.2, 0) is 0 Å². The average molecular weight is 457 g/mol. The number of ether oxygens (including phenoxy) is 3. The van der Waals surface area contributed by atoms with E-state index in [1.54, 1.807) is 40.2 Å². The molecule has 0 radical (unpaired) electrons. The molecule has 2 aromatic carbocycles. The van der Waals surface area contributed by atoms with Gasteiger partial charge in [0, 0.05) is 12.0 Å². The average Bonchev–Trinajstić information content (AvgIpc) is 3.28. The molecule has 0 unspecified atom stereocenters. The van der Waals surface area contributed by atoms with Crippen LogP contribution in [0.4, 0.5) is 5.69 Å². The van der Waals surface area contributed by atoms with E-state index in [9.17, 15) is 4.79 Å². The maximum atomic E-state index is 13.8. The molecule has 4 rings (SSSR count). The molecule has 0 spiro atoms. The maximum absolute atomic E-state index is 13.8. The lowest BCUT2D eigenvalue weighted by molar-refractivity contribution is 0.0957. The van der Waals surface area contributed by atoms with Crippen LogP contribution in [0.1, 0.15) is 42.9 Å². The van der Waals surface area contributed by atoms with Gasteiger partial charge in [0.1, 0.15) is 12.4 Å². The quantitative estimate of drug-likeness (QED) is 0.563. The van der Waals surface area contributed by atoms with Crippen LogP contribution in [0.25, 0.3) is 5.69 Å². The first kappa shape index (κ1) is 22.0. The van der Waals surface area contributed by atoms with Crippen molar-refractivity contribution in [1.29, 1.82) is 0 Å². The molecule has 0 saturated carbocycles. The van der Waals surface area contributed by atoms with Gasteiger partial charge in [0.2, 0.25) is 0 Å². The standard InChI is InChI=1S/C23H25ClN4O4/c1-13(2)22-25-12-28(26-22)15-9-16(20(31-5)19(10-15)30-4)23(29)27-11-14(3)32-21-17(24)7-6-8-18(21)27/h6-10,12-14H,11H2,1-5H3/t14-/m0/s1. The zero-order valence-electron chi connectivity index (χ0n) is 18.6. The number of amides is 1. The number of para-hydroxylation sites is 1. The van der Waals surface area contributed by atoms with Crippen LogP contribution < -0.4 is 19.1 Å². The molecule has 1 amide bonds. The second-order valence-electron chi connectivity index (χ2n) is 7.86. The van der Waals surface area contributed by atoms with Gasteiger partial charge < -0.3 is 19.1 Å². The number of anilines is 1. The number of nitrogens with zero attached hydrogens (tertiary/aromatic N) is 4. The molecule has 1 atom stereocenters. The molecular weight excluding hydrogens is 432 g/mol. The minimum Gasteiger partial charge on any atom is -0.493 e. The Balaban J connectivity index is 1.84. The van der Waals surface area contributed by atoms with Crippen LogP contribution in [-0.4, -0.2) is 47.5 Å². The minimum absolute atomic E-state index is 0.175. The number of rotatable bonds is 5.